The number of carbonyl (C=O) groups is 1. The lowest BCUT2D eigenvalue weighted by molar-refractivity contribution is -0.137. The van der Waals surface area contributed by atoms with E-state index >= 15 is 0 Å². The molecular weight excluding hydrogens is 216 g/mol. The number of aliphatic hydroxyl groups excluding tert-OH is 1. The SMILES string of the molecule is COC(=O)/C(=C(\O)c1ccccc1)C(C)(C)C. The van der Waals surface area contributed by atoms with Gasteiger partial charge in [0.15, 0.2) is 0 Å². The van der Waals surface area contributed by atoms with Gasteiger partial charge in [-0.15, -0.1) is 0 Å². The van der Waals surface area contributed by atoms with E-state index in [4.69, 9.17) is 4.74 Å². The second kappa shape index (κ2) is 5.04. The number of hydrogen-bond donors (Lipinski definition) is 1. The summed E-state index contributed by atoms with van der Waals surface area (Å²) >= 11 is 0. The minimum absolute atomic E-state index is 0.0232. The Hall–Kier alpha value is -1.77. The van der Waals surface area contributed by atoms with Crippen molar-refractivity contribution in [2.24, 2.45) is 5.41 Å². The van der Waals surface area contributed by atoms with E-state index in [1.165, 1.54) is 7.11 Å². The lowest BCUT2D eigenvalue weighted by atomic mass is 9.84. The molecule has 0 aliphatic rings. The maximum Gasteiger partial charge on any atom is 0.338 e. The quantitative estimate of drug-likeness (QED) is 0.485. The summed E-state index contributed by atoms with van der Waals surface area (Å²) in [6, 6.07) is 8.98. The summed E-state index contributed by atoms with van der Waals surface area (Å²) < 4.78 is 4.72. The number of esters is 1. The highest BCUT2D eigenvalue weighted by atomic mass is 16.5. The fourth-order valence-corrected chi connectivity index (χ4v) is 1.60. The van der Waals surface area contributed by atoms with Crippen molar-refractivity contribution in [2.45, 2.75) is 20.8 Å². The number of methoxy groups -OCH3 is 1. The first-order valence-electron chi connectivity index (χ1n) is 5.45. The predicted octanol–water partition coefficient (Wildman–Crippen LogP) is 3.17. The van der Waals surface area contributed by atoms with Crippen LogP contribution in [0.25, 0.3) is 5.76 Å². The van der Waals surface area contributed by atoms with Crippen LogP contribution < -0.4 is 0 Å². The Morgan fingerprint density at radius 1 is 1.18 bits per heavy atom. The first-order chi connectivity index (χ1) is 7.88. The van der Waals surface area contributed by atoms with Crippen LogP contribution >= 0.6 is 0 Å². The van der Waals surface area contributed by atoms with Gasteiger partial charge in [-0.05, 0) is 5.41 Å². The monoisotopic (exact) mass is 234 g/mol. The van der Waals surface area contributed by atoms with Crippen LogP contribution in [-0.4, -0.2) is 18.2 Å². The molecule has 1 N–H and O–H groups in total. The molecule has 0 atom stereocenters. The van der Waals surface area contributed by atoms with Crippen molar-refractivity contribution in [3.8, 4) is 0 Å². The van der Waals surface area contributed by atoms with Crippen molar-refractivity contribution >= 4 is 11.7 Å². The zero-order valence-corrected chi connectivity index (χ0v) is 10.7. The van der Waals surface area contributed by atoms with Gasteiger partial charge in [-0.25, -0.2) is 4.79 Å². The average Bonchev–Trinajstić information content (AvgIpc) is 2.28. The van der Waals surface area contributed by atoms with Crippen LogP contribution in [0.5, 0.6) is 0 Å². The molecule has 1 aromatic carbocycles. The lowest BCUT2D eigenvalue weighted by Crippen LogP contribution is -2.21. The topological polar surface area (TPSA) is 46.5 Å². The minimum atomic E-state index is -0.501. The van der Waals surface area contributed by atoms with Gasteiger partial charge < -0.3 is 9.84 Å². The second-order valence-corrected chi connectivity index (χ2v) is 4.83. The highest BCUT2D eigenvalue weighted by Gasteiger charge is 2.29. The first kappa shape index (κ1) is 13.3. The van der Waals surface area contributed by atoms with Gasteiger partial charge in [0, 0.05) is 5.56 Å². The van der Waals surface area contributed by atoms with E-state index in [1.54, 1.807) is 12.1 Å². The third kappa shape index (κ3) is 3.09. The number of rotatable bonds is 2. The second-order valence-electron chi connectivity index (χ2n) is 4.83. The fraction of sp³-hybridized carbons (Fsp3) is 0.357. The van der Waals surface area contributed by atoms with Crippen LogP contribution in [-0.2, 0) is 9.53 Å². The predicted molar refractivity (Wildman–Crippen MR) is 67.5 cm³/mol. The van der Waals surface area contributed by atoms with Gasteiger partial charge in [-0.3, -0.25) is 0 Å². The zero-order chi connectivity index (χ0) is 13.1. The number of hydrogen-bond acceptors (Lipinski definition) is 3. The van der Waals surface area contributed by atoms with E-state index in [-0.39, 0.29) is 11.3 Å². The zero-order valence-electron chi connectivity index (χ0n) is 10.7. The van der Waals surface area contributed by atoms with Gasteiger partial charge in [0.25, 0.3) is 0 Å². The van der Waals surface area contributed by atoms with E-state index in [9.17, 15) is 9.90 Å². The van der Waals surface area contributed by atoms with E-state index in [2.05, 4.69) is 0 Å². The molecule has 0 spiro atoms. The van der Waals surface area contributed by atoms with Gasteiger partial charge in [-0.2, -0.15) is 0 Å². The molecule has 0 fully saturated rings. The maximum absolute atomic E-state index is 11.7. The molecule has 0 bridgehead atoms. The number of ether oxygens (including phenoxy) is 1. The summed E-state index contributed by atoms with van der Waals surface area (Å²) in [6.07, 6.45) is 0. The van der Waals surface area contributed by atoms with Gasteiger partial charge in [0.2, 0.25) is 0 Å². The third-order valence-corrected chi connectivity index (χ3v) is 2.42. The minimum Gasteiger partial charge on any atom is -0.507 e. The van der Waals surface area contributed by atoms with Crippen molar-refractivity contribution in [3.63, 3.8) is 0 Å². The molecule has 0 amide bonds. The van der Waals surface area contributed by atoms with Crippen molar-refractivity contribution in [2.75, 3.05) is 7.11 Å². The Morgan fingerprint density at radius 2 is 1.71 bits per heavy atom. The Bertz CT molecular complexity index is 425. The highest BCUT2D eigenvalue weighted by Crippen LogP contribution is 2.32. The Morgan fingerprint density at radius 3 is 2.12 bits per heavy atom. The maximum atomic E-state index is 11.7. The molecule has 17 heavy (non-hydrogen) atoms. The molecule has 3 nitrogen and oxygen atoms in total. The normalized spacial score (nSPS) is 12.9. The van der Waals surface area contributed by atoms with Crippen molar-refractivity contribution < 1.29 is 14.6 Å². The molecule has 92 valence electrons. The van der Waals surface area contributed by atoms with Gasteiger partial charge in [0.05, 0.1) is 12.7 Å². The highest BCUT2D eigenvalue weighted by molar-refractivity contribution is 5.97. The third-order valence-electron chi connectivity index (χ3n) is 2.42. The van der Waals surface area contributed by atoms with Crippen LogP contribution in [0.15, 0.2) is 35.9 Å². The largest absolute Gasteiger partial charge is 0.507 e. The van der Waals surface area contributed by atoms with Crippen LogP contribution in [0, 0.1) is 5.41 Å². The molecule has 0 aliphatic carbocycles. The smallest absolute Gasteiger partial charge is 0.338 e. The number of carbonyl (C=O) groups excluding carboxylic acids is 1. The lowest BCUT2D eigenvalue weighted by Gasteiger charge is -2.22. The van der Waals surface area contributed by atoms with Crippen molar-refractivity contribution in [3.05, 3.63) is 41.5 Å². The molecule has 0 saturated carbocycles. The number of aliphatic hydroxyl groups is 1. The van der Waals surface area contributed by atoms with Gasteiger partial charge >= 0.3 is 5.97 Å². The molecule has 0 aromatic heterocycles. The molecule has 0 aliphatic heterocycles. The molecule has 0 heterocycles. The van der Waals surface area contributed by atoms with Crippen LogP contribution in [0.2, 0.25) is 0 Å². The summed E-state index contributed by atoms with van der Waals surface area (Å²) in [7, 11) is 1.31. The van der Waals surface area contributed by atoms with Crippen LogP contribution in [0.3, 0.4) is 0 Å². The molecule has 0 saturated heterocycles. The Kier molecular flexibility index (Phi) is 3.94. The van der Waals surface area contributed by atoms with Crippen molar-refractivity contribution in [1.29, 1.82) is 0 Å². The van der Waals surface area contributed by atoms with Crippen molar-refractivity contribution in [1.82, 2.24) is 0 Å². The van der Waals surface area contributed by atoms with Crippen LogP contribution in [0.4, 0.5) is 0 Å². The standard InChI is InChI=1S/C14H18O3/c1-14(2,3)11(13(16)17-4)12(15)10-8-6-5-7-9-10/h5-9,15H,1-4H3/b12-11+. The molecular formula is C14H18O3. The molecule has 0 unspecified atom stereocenters. The summed E-state index contributed by atoms with van der Waals surface area (Å²) in [5.74, 6) is -0.524. The Labute approximate surface area is 102 Å². The first-order valence-corrected chi connectivity index (χ1v) is 5.45. The molecule has 1 rings (SSSR count). The van der Waals surface area contributed by atoms with Gasteiger partial charge in [0.1, 0.15) is 5.76 Å². The summed E-state index contributed by atoms with van der Waals surface area (Å²) in [6.45, 7) is 5.58. The molecule has 3 heteroatoms. The fourth-order valence-electron chi connectivity index (χ4n) is 1.60. The summed E-state index contributed by atoms with van der Waals surface area (Å²) in [5, 5.41) is 10.2. The summed E-state index contributed by atoms with van der Waals surface area (Å²) in [4.78, 5) is 11.7. The molecule has 0 radical (unpaired) electrons. The molecule has 1 aromatic rings. The number of benzene rings is 1. The Balaban J connectivity index is 3.35. The van der Waals surface area contributed by atoms with E-state index in [0.29, 0.717) is 5.56 Å². The average molecular weight is 234 g/mol. The van der Waals surface area contributed by atoms with E-state index in [1.807, 2.05) is 39.0 Å². The van der Waals surface area contributed by atoms with E-state index < -0.39 is 11.4 Å². The van der Waals surface area contributed by atoms with Gasteiger partial charge in [-0.1, -0.05) is 51.1 Å². The summed E-state index contributed by atoms with van der Waals surface area (Å²) in [5.41, 5.74) is 0.418. The van der Waals surface area contributed by atoms with E-state index in [0.717, 1.165) is 0 Å². The van der Waals surface area contributed by atoms with Crippen LogP contribution in [0.1, 0.15) is 26.3 Å².